The Morgan fingerprint density at radius 2 is 1.79 bits per heavy atom. The minimum atomic E-state index is -0.470. The molecule has 0 aliphatic carbocycles. The van der Waals surface area contributed by atoms with Gasteiger partial charge in [0.25, 0.3) is 0 Å². The molecule has 1 unspecified atom stereocenters. The van der Waals surface area contributed by atoms with E-state index in [-0.39, 0.29) is 17.9 Å². The molecule has 0 spiro atoms. The maximum Gasteiger partial charge on any atom is 0.244 e. The maximum atomic E-state index is 12.3. The molecule has 1 saturated heterocycles. The van der Waals surface area contributed by atoms with Gasteiger partial charge in [0.05, 0.1) is 0 Å². The predicted molar refractivity (Wildman–Crippen MR) is 75.7 cm³/mol. The van der Waals surface area contributed by atoms with Crippen molar-refractivity contribution in [1.82, 2.24) is 15.5 Å². The normalized spacial score (nSPS) is 18.8. The van der Waals surface area contributed by atoms with Crippen LogP contribution in [0.4, 0.5) is 0 Å². The van der Waals surface area contributed by atoms with Crippen molar-refractivity contribution in [3.8, 4) is 0 Å². The van der Waals surface area contributed by atoms with E-state index >= 15 is 0 Å². The van der Waals surface area contributed by atoms with Gasteiger partial charge in [-0.25, -0.2) is 0 Å². The molecule has 1 rings (SSSR count). The van der Waals surface area contributed by atoms with Gasteiger partial charge in [-0.2, -0.15) is 0 Å². The smallest absolute Gasteiger partial charge is 0.244 e. The molecule has 0 radical (unpaired) electrons. The van der Waals surface area contributed by atoms with Crippen LogP contribution in [0.5, 0.6) is 0 Å². The summed E-state index contributed by atoms with van der Waals surface area (Å²) in [5.74, 6) is -0.100. The van der Waals surface area contributed by atoms with Crippen LogP contribution in [-0.2, 0) is 9.59 Å². The van der Waals surface area contributed by atoms with Gasteiger partial charge in [0.15, 0.2) is 0 Å². The topological polar surface area (TPSA) is 61.4 Å². The van der Waals surface area contributed by atoms with Gasteiger partial charge in [-0.1, -0.05) is 20.8 Å². The zero-order valence-corrected chi connectivity index (χ0v) is 12.7. The largest absolute Gasteiger partial charge is 0.344 e. The summed E-state index contributed by atoms with van der Waals surface area (Å²) in [6.45, 7) is 9.18. The summed E-state index contributed by atoms with van der Waals surface area (Å²) in [5.41, 5.74) is -0.470. The van der Waals surface area contributed by atoms with Crippen molar-refractivity contribution in [2.24, 2.45) is 5.41 Å². The lowest BCUT2D eigenvalue weighted by Crippen LogP contribution is -2.52. The van der Waals surface area contributed by atoms with Crippen molar-refractivity contribution in [2.45, 2.75) is 52.6 Å². The molecule has 1 atom stereocenters. The summed E-state index contributed by atoms with van der Waals surface area (Å²) in [7, 11) is 1.83. The van der Waals surface area contributed by atoms with E-state index in [1.165, 1.54) is 0 Å². The number of rotatable bonds is 3. The molecule has 110 valence electrons. The van der Waals surface area contributed by atoms with Crippen molar-refractivity contribution in [3.05, 3.63) is 0 Å². The van der Waals surface area contributed by atoms with E-state index in [9.17, 15) is 9.59 Å². The average molecular weight is 269 g/mol. The van der Waals surface area contributed by atoms with Gasteiger partial charge < -0.3 is 15.5 Å². The zero-order valence-electron chi connectivity index (χ0n) is 12.7. The third-order valence-electron chi connectivity index (χ3n) is 3.60. The van der Waals surface area contributed by atoms with E-state index in [0.717, 1.165) is 25.9 Å². The van der Waals surface area contributed by atoms with Gasteiger partial charge in [-0.3, -0.25) is 9.59 Å². The fraction of sp³-hybridized carbons (Fsp3) is 0.857. The molecule has 0 aromatic heterocycles. The van der Waals surface area contributed by atoms with Crippen LogP contribution in [-0.4, -0.2) is 48.9 Å². The summed E-state index contributed by atoms with van der Waals surface area (Å²) in [5, 5.41) is 6.08. The van der Waals surface area contributed by atoms with E-state index in [1.54, 1.807) is 11.8 Å². The summed E-state index contributed by atoms with van der Waals surface area (Å²) in [4.78, 5) is 26.0. The number of hydrogen-bond acceptors (Lipinski definition) is 3. The Balaban J connectivity index is 2.53. The van der Waals surface area contributed by atoms with E-state index in [0.29, 0.717) is 0 Å². The van der Waals surface area contributed by atoms with Gasteiger partial charge in [-0.15, -0.1) is 0 Å². The fourth-order valence-electron chi connectivity index (χ4n) is 2.15. The van der Waals surface area contributed by atoms with Crippen molar-refractivity contribution < 1.29 is 9.59 Å². The average Bonchev–Trinajstić information content (AvgIpc) is 2.36. The van der Waals surface area contributed by atoms with Crippen LogP contribution in [0.15, 0.2) is 0 Å². The van der Waals surface area contributed by atoms with Crippen LogP contribution in [0.1, 0.15) is 40.5 Å². The Bertz CT molecular complexity index is 330. The number of hydrogen-bond donors (Lipinski definition) is 2. The Labute approximate surface area is 116 Å². The van der Waals surface area contributed by atoms with Crippen LogP contribution >= 0.6 is 0 Å². The minimum Gasteiger partial charge on any atom is -0.344 e. The molecule has 1 aliphatic rings. The van der Waals surface area contributed by atoms with E-state index < -0.39 is 11.5 Å². The second kappa shape index (κ2) is 6.37. The van der Waals surface area contributed by atoms with E-state index in [1.807, 2.05) is 27.8 Å². The van der Waals surface area contributed by atoms with Crippen molar-refractivity contribution in [2.75, 3.05) is 20.1 Å². The van der Waals surface area contributed by atoms with Gasteiger partial charge in [0.1, 0.15) is 6.04 Å². The number of nitrogens with one attached hydrogen (secondary N) is 2. The molecule has 1 aliphatic heterocycles. The highest BCUT2D eigenvalue weighted by Gasteiger charge is 2.29. The first-order valence-corrected chi connectivity index (χ1v) is 7.02. The number of carbonyl (C=O) groups is 2. The van der Waals surface area contributed by atoms with Gasteiger partial charge in [-0.05, 0) is 32.9 Å². The van der Waals surface area contributed by atoms with Crippen LogP contribution in [0.3, 0.4) is 0 Å². The molecule has 0 saturated carbocycles. The lowest BCUT2D eigenvalue weighted by molar-refractivity contribution is -0.139. The molecular formula is C14H27N3O2. The third kappa shape index (κ3) is 4.49. The highest BCUT2D eigenvalue weighted by atomic mass is 16.2. The molecule has 5 heteroatoms. The Morgan fingerprint density at radius 3 is 2.26 bits per heavy atom. The molecule has 2 amide bonds. The van der Waals surface area contributed by atoms with E-state index in [4.69, 9.17) is 0 Å². The second-order valence-corrected chi connectivity index (χ2v) is 6.38. The highest BCUT2D eigenvalue weighted by Crippen LogP contribution is 2.14. The van der Waals surface area contributed by atoms with E-state index in [2.05, 4.69) is 10.6 Å². The second-order valence-electron chi connectivity index (χ2n) is 6.38. The first-order valence-electron chi connectivity index (χ1n) is 7.02. The van der Waals surface area contributed by atoms with Crippen molar-refractivity contribution >= 4 is 11.8 Å². The third-order valence-corrected chi connectivity index (χ3v) is 3.60. The van der Waals surface area contributed by atoms with Crippen molar-refractivity contribution in [1.29, 1.82) is 0 Å². The molecule has 19 heavy (non-hydrogen) atoms. The minimum absolute atomic E-state index is 0.00972. The standard InChI is InChI=1S/C14H27N3O2/c1-10(16-13(19)14(2,3)4)12(18)17(5)11-6-8-15-9-7-11/h10-11,15H,6-9H2,1-5H3,(H,16,19). The molecule has 5 nitrogen and oxygen atoms in total. The summed E-state index contributed by atoms with van der Waals surface area (Å²) >= 11 is 0. The summed E-state index contributed by atoms with van der Waals surface area (Å²) < 4.78 is 0. The first kappa shape index (κ1) is 16.0. The van der Waals surface area contributed by atoms with Gasteiger partial charge in [0, 0.05) is 18.5 Å². The SMILES string of the molecule is CC(NC(=O)C(C)(C)C)C(=O)N(C)C1CCNCC1. The molecule has 0 aromatic carbocycles. The quantitative estimate of drug-likeness (QED) is 0.795. The Morgan fingerprint density at radius 1 is 1.26 bits per heavy atom. The molecule has 0 bridgehead atoms. The lowest BCUT2D eigenvalue weighted by Gasteiger charge is -2.34. The predicted octanol–water partition coefficient (Wildman–Crippen LogP) is 0.748. The van der Waals surface area contributed by atoms with Crippen molar-refractivity contribution in [3.63, 3.8) is 0 Å². The molecule has 2 N–H and O–H groups in total. The Hall–Kier alpha value is -1.10. The number of carbonyl (C=O) groups excluding carboxylic acids is 2. The molecule has 1 fully saturated rings. The van der Waals surface area contributed by atoms with Crippen LogP contribution in [0.2, 0.25) is 0 Å². The highest BCUT2D eigenvalue weighted by molar-refractivity contribution is 5.89. The van der Waals surface area contributed by atoms with Gasteiger partial charge in [0.2, 0.25) is 11.8 Å². The zero-order chi connectivity index (χ0) is 14.6. The van der Waals surface area contributed by atoms with Crippen LogP contribution in [0, 0.1) is 5.41 Å². The van der Waals surface area contributed by atoms with Crippen LogP contribution < -0.4 is 10.6 Å². The fourth-order valence-corrected chi connectivity index (χ4v) is 2.15. The number of amides is 2. The maximum absolute atomic E-state index is 12.3. The lowest BCUT2D eigenvalue weighted by atomic mass is 9.95. The number of piperidine rings is 1. The monoisotopic (exact) mass is 269 g/mol. The molecule has 1 heterocycles. The Kier molecular flexibility index (Phi) is 5.35. The number of nitrogens with zero attached hydrogens (tertiary/aromatic N) is 1. The molecule has 0 aromatic rings. The molecular weight excluding hydrogens is 242 g/mol. The first-order chi connectivity index (χ1) is 8.73. The number of likely N-dealkylation sites (N-methyl/N-ethyl adjacent to an activating group) is 1. The summed E-state index contributed by atoms with van der Waals surface area (Å²) in [6.07, 6.45) is 1.95. The summed E-state index contributed by atoms with van der Waals surface area (Å²) in [6, 6.07) is -0.186. The van der Waals surface area contributed by atoms with Crippen LogP contribution in [0.25, 0.3) is 0 Å². The van der Waals surface area contributed by atoms with Gasteiger partial charge >= 0.3 is 0 Å².